The number of carbonyl (C=O) groups is 1. The fourth-order valence-electron chi connectivity index (χ4n) is 4.96. The first kappa shape index (κ1) is 21.4. The molecule has 1 amide bonds. The normalized spacial score (nSPS) is 24.4. The first-order valence-electron chi connectivity index (χ1n) is 11.6. The van der Waals surface area contributed by atoms with Gasteiger partial charge < -0.3 is 19.7 Å². The molecule has 1 aromatic heterocycles. The summed E-state index contributed by atoms with van der Waals surface area (Å²) in [5.41, 5.74) is 1.30. The molecule has 0 unspecified atom stereocenters. The number of rotatable bonds is 8. The van der Waals surface area contributed by atoms with Gasteiger partial charge in [-0.15, -0.1) is 0 Å². The molecule has 0 aromatic carbocycles. The minimum absolute atomic E-state index is 0.127. The van der Waals surface area contributed by atoms with Crippen molar-refractivity contribution in [3.05, 3.63) is 17.8 Å². The topological polar surface area (TPSA) is 66.9 Å². The van der Waals surface area contributed by atoms with Crippen molar-refractivity contribution < 1.29 is 14.3 Å². The Hall–Kier alpha value is -1.86. The van der Waals surface area contributed by atoms with Crippen molar-refractivity contribution in [2.24, 2.45) is 5.92 Å². The number of amides is 1. The number of pyridine rings is 1. The molecule has 1 aromatic rings. The lowest BCUT2D eigenvalue weighted by molar-refractivity contribution is -0.122. The lowest BCUT2D eigenvalue weighted by Crippen LogP contribution is -2.47. The van der Waals surface area contributed by atoms with E-state index in [2.05, 4.69) is 26.2 Å². The molecule has 0 atom stereocenters. The summed E-state index contributed by atoms with van der Waals surface area (Å²) in [6.45, 7) is 6.70. The van der Waals surface area contributed by atoms with Gasteiger partial charge in [0.1, 0.15) is 0 Å². The van der Waals surface area contributed by atoms with Crippen molar-refractivity contribution in [1.29, 1.82) is 0 Å². The zero-order valence-corrected chi connectivity index (χ0v) is 18.3. The maximum absolute atomic E-state index is 11.9. The molecule has 2 fully saturated rings. The van der Waals surface area contributed by atoms with E-state index in [4.69, 9.17) is 9.47 Å². The summed E-state index contributed by atoms with van der Waals surface area (Å²) in [6.07, 6.45) is 9.35. The summed E-state index contributed by atoms with van der Waals surface area (Å²) >= 11 is 0. The van der Waals surface area contributed by atoms with Gasteiger partial charge in [-0.05, 0) is 50.6 Å². The molecule has 1 aliphatic carbocycles. The summed E-state index contributed by atoms with van der Waals surface area (Å²) < 4.78 is 10.8. The van der Waals surface area contributed by atoms with Crippen molar-refractivity contribution in [3.63, 3.8) is 0 Å². The van der Waals surface area contributed by atoms with E-state index in [9.17, 15) is 4.79 Å². The molecule has 7 nitrogen and oxygen atoms in total. The molecule has 2 aliphatic heterocycles. The van der Waals surface area contributed by atoms with Crippen LogP contribution in [0, 0.1) is 5.92 Å². The minimum Gasteiger partial charge on any atom is -0.489 e. The third kappa shape index (κ3) is 5.43. The van der Waals surface area contributed by atoms with Gasteiger partial charge in [-0.1, -0.05) is 0 Å². The quantitative estimate of drug-likeness (QED) is 0.701. The van der Waals surface area contributed by atoms with Crippen molar-refractivity contribution >= 4 is 11.7 Å². The van der Waals surface area contributed by atoms with E-state index in [0.29, 0.717) is 19.1 Å². The van der Waals surface area contributed by atoms with Crippen LogP contribution in [0.25, 0.3) is 0 Å². The second-order valence-corrected chi connectivity index (χ2v) is 8.87. The largest absolute Gasteiger partial charge is 0.489 e. The third-order valence-corrected chi connectivity index (χ3v) is 6.86. The predicted molar refractivity (Wildman–Crippen MR) is 117 cm³/mol. The van der Waals surface area contributed by atoms with Gasteiger partial charge in [-0.3, -0.25) is 9.69 Å². The summed E-state index contributed by atoms with van der Waals surface area (Å²) in [7, 11) is 1.64. The van der Waals surface area contributed by atoms with E-state index in [1.165, 1.54) is 31.4 Å². The Morgan fingerprint density at radius 2 is 2.03 bits per heavy atom. The van der Waals surface area contributed by atoms with Crippen LogP contribution in [0.1, 0.15) is 44.1 Å². The lowest BCUT2D eigenvalue weighted by Gasteiger charge is -2.37. The number of hydrogen-bond donors (Lipinski definition) is 1. The van der Waals surface area contributed by atoms with Gasteiger partial charge in [0.2, 0.25) is 5.91 Å². The number of fused-ring (bicyclic) bond motifs is 1. The standard InChI is InChI=1S/C23H36N4O3/c1-29-16-9-21(28)25-20-4-2-18(3-5-20)7-11-26-12-14-27(15-13-26)23-22-19(6-10-24-23)8-17-30-22/h6,10,18,20H,2-5,7-9,11-17H2,1H3,(H,25,28). The van der Waals surface area contributed by atoms with Crippen molar-refractivity contribution in [3.8, 4) is 5.75 Å². The van der Waals surface area contributed by atoms with Gasteiger partial charge >= 0.3 is 0 Å². The molecule has 7 heteroatoms. The van der Waals surface area contributed by atoms with Crippen molar-refractivity contribution in [2.75, 3.05) is 57.9 Å². The average Bonchev–Trinajstić information content (AvgIpc) is 3.27. The Labute approximate surface area is 180 Å². The number of nitrogens with one attached hydrogen (secondary N) is 1. The zero-order valence-electron chi connectivity index (χ0n) is 18.3. The van der Waals surface area contributed by atoms with Crippen LogP contribution in [-0.2, 0) is 16.0 Å². The number of ether oxygens (including phenoxy) is 2. The van der Waals surface area contributed by atoms with Gasteiger partial charge in [-0.25, -0.2) is 4.98 Å². The average molecular weight is 417 g/mol. The van der Waals surface area contributed by atoms with Crippen LogP contribution >= 0.6 is 0 Å². The van der Waals surface area contributed by atoms with Crippen LogP contribution in [0.5, 0.6) is 5.75 Å². The lowest BCUT2D eigenvalue weighted by atomic mass is 9.84. The molecule has 3 aliphatic rings. The zero-order chi connectivity index (χ0) is 20.8. The molecule has 30 heavy (non-hydrogen) atoms. The highest BCUT2D eigenvalue weighted by Gasteiger charge is 2.26. The summed E-state index contributed by atoms with van der Waals surface area (Å²) in [6, 6.07) is 2.44. The van der Waals surface area contributed by atoms with Gasteiger partial charge in [0.25, 0.3) is 0 Å². The molecule has 166 valence electrons. The number of hydrogen-bond acceptors (Lipinski definition) is 6. The number of methoxy groups -OCH3 is 1. The van der Waals surface area contributed by atoms with E-state index < -0.39 is 0 Å². The number of nitrogens with zero attached hydrogens (tertiary/aromatic N) is 3. The maximum atomic E-state index is 11.9. The van der Waals surface area contributed by atoms with Gasteiger partial charge in [0.15, 0.2) is 11.6 Å². The Morgan fingerprint density at radius 1 is 1.23 bits per heavy atom. The Kier molecular flexibility index (Phi) is 7.44. The highest BCUT2D eigenvalue weighted by molar-refractivity contribution is 5.76. The molecular formula is C23H36N4O3. The second-order valence-electron chi connectivity index (χ2n) is 8.87. The van der Waals surface area contributed by atoms with Crippen LogP contribution < -0.4 is 15.0 Å². The number of piperazine rings is 1. The fraction of sp³-hybridized carbons (Fsp3) is 0.739. The summed E-state index contributed by atoms with van der Waals surface area (Å²) in [5.74, 6) is 2.97. The highest BCUT2D eigenvalue weighted by Crippen LogP contribution is 2.34. The van der Waals surface area contributed by atoms with E-state index in [-0.39, 0.29) is 5.91 Å². The minimum atomic E-state index is 0.127. The first-order chi connectivity index (χ1) is 14.7. The SMILES string of the molecule is COCCC(=O)NC1CCC(CCN2CCN(c3nccc4c3OCC4)CC2)CC1. The predicted octanol–water partition coefficient (Wildman–Crippen LogP) is 2.24. The molecule has 0 bridgehead atoms. The van der Waals surface area contributed by atoms with Gasteiger partial charge in [0, 0.05) is 63.9 Å². The van der Waals surface area contributed by atoms with Gasteiger partial charge in [-0.2, -0.15) is 0 Å². The second kappa shape index (κ2) is 10.4. The number of aromatic nitrogens is 1. The molecular weight excluding hydrogens is 380 g/mol. The van der Waals surface area contributed by atoms with E-state index >= 15 is 0 Å². The smallest absolute Gasteiger partial charge is 0.222 e. The molecule has 1 saturated heterocycles. The van der Waals surface area contributed by atoms with Crippen LogP contribution in [0.3, 0.4) is 0 Å². The van der Waals surface area contributed by atoms with Crippen molar-refractivity contribution in [2.45, 2.75) is 51.0 Å². The molecule has 0 spiro atoms. The number of anilines is 1. The first-order valence-corrected chi connectivity index (χ1v) is 11.6. The summed E-state index contributed by atoms with van der Waals surface area (Å²) in [5, 5.41) is 3.17. The van der Waals surface area contributed by atoms with Crippen LogP contribution in [0.2, 0.25) is 0 Å². The Balaban J connectivity index is 1.14. The molecule has 4 rings (SSSR count). The Morgan fingerprint density at radius 3 is 2.80 bits per heavy atom. The Bertz CT molecular complexity index is 698. The highest BCUT2D eigenvalue weighted by atomic mass is 16.5. The molecule has 3 heterocycles. The molecule has 1 saturated carbocycles. The number of carbonyl (C=O) groups excluding carboxylic acids is 1. The van der Waals surface area contributed by atoms with E-state index in [0.717, 1.165) is 69.5 Å². The maximum Gasteiger partial charge on any atom is 0.222 e. The summed E-state index contributed by atoms with van der Waals surface area (Å²) in [4.78, 5) is 21.5. The van der Waals surface area contributed by atoms with E-state index in [1.54, 1.807) is 7.11 Å². The van der Waals surface area contributed by atoms with Crippen LogP contribution in [0.4, 0.5) is 5.82 Å². The van der Waals surface area contributed by atoms with E-state index in [1.807, 2.05) is 6.20 Å². The van der Waals surface area contributed by atoms with Crippen molar-refractivity contribution in [1.82, 2.24) is 15.2 Å². The van der Waals surface area contributed by atoms with Crippen LogP contribution in [0.15, 0.2) is 12.3 Å². The molecule has 1 N–H and O–H groups in total. The third-order valence-electron chi connectivity index (χ3n) is 6.86. The fourth-order valence-corrected chi connectivity index (χ4v) is 4.96. The van der Waals surface area contributed by atoms with Gasteiger partial charge in [0.05, 0.1) is 13.2 Å². The van der Waals surface area contributed by atoms with Crippen LogP contribution in [-0.4, -0.2) is 74.9 Å². The monoisotopic (exact) mass is 416 g/mol. The molecule has 0 radical (unpaired) electrons.